The number of aryl methyl sites for hydroxylation is 2. The summed E-state index contributed by atoms with van der Waals surface area (Å²) in [5.74, 6) is 0.215. The lowest BCUT2D eigenvalue weighted by atomic mass is 9.74. The van der Waals surface area contributed by atoms with Crippen LogP contribution in [0.5, 0.6) is 0 Å². The Bertz CT molecular complexity index is 941. The number of halogens is 1. The first-order valence-electron chi connectivity index (χ1n) is 8.90. The molecule has 5 heteroatoms. The van der Waals surface area contributed by atoms with Crippen molar-refractivity contribution in [3.63, 3.8) is 0 Å². The van der Waals surface area contributed by atoms with E-state index in [0.29, 0.717) is 6.42 Å². The summed E-state index contributed by atoms with van der Waals surface area (Å²) in [6, 6.07) is 8.09. The van der Waals surface area contributed by atoms with Crippen molar-refractivity contribution in [2.75, 3.05) is 10.6 Å². The summed E-state index contributed by atoms with van der Waals surface area (Å²) in [5, 5.41) is 7.21. The molecule has 2 heterocycles. The van der Waals surface area contributed by atoms with Gasteiger partial charge in [0.15, 0.2) is 5.78 Å². The lowest BCUT2D eigenvalue weighted by Gasteiger charge is -2.33. The molecule has 0 fully saturated rings. The van der Waals surface area contributed by atoms with E-state index in [9.17, 15) is 4.79 Å². The highest BCUT2D eigenvalue weighted by Gasteiger charge is 2.39. The number of carbonyl (C=O) groups is 1. The second-order valence-corrected chi connectivity index (χ2v) is 9.91. The summed E-state index contributed by atoms with van der Waals surface area (Å²) in [7, 11) is 0. The Hall–Kier alpha value is -1.78. The second kappa shape index (κ2) is 6.14. The number of allylic oxidation sites excluding steroid dienone is 1. The quantitative estimate of drug-likeness (QED) is 0.609. The van der Waals surface area contributed by atoms with Crippen LogP contribution in [0, 0.1) is 19.3 Å². The van der Waals surface area contributed by atoms with Crippen LogP contribution in [-0.4, -0.2) is 5.78 Å². The third kappa shape index (κ3) is 3.06. The maximum absolute atomic E-state index is 13.1. The number of thiophene rings is 1. The topological polar surface area (TPSA) is 41.1 Å². The second-order valence-electron chi connectivity index (χ2n) is 8.16. The Balaban J connectivity index is 1.90. The van der Waals surface area contributed by atoms with Crippen LogP contribution in [0.3, 0.4) is 0 Å². The van der Waals surface area contributed by atoms with Gasteiger partial charge < -0.3 is 10.6 Å². The standard InChI is InChI=1S/C21H23ClN2OS/c1-11-7-13-14(8-12(11)2)24-20(17-5-6-18(22)26-17)19-15(23-13)9-21(3,4)10-16(19)25/h5-8,20,23-24H,9-10H2,1-4H3/t20-/m0/s1. The van der Waals surface area contributed by atoms with Gasteiger partial charge in [-0.1, -0.05) is 25.4 Å². The Morgan fingerprint density at radius 3 is 2.46 bits per heavy atom. The van der Waals surface area contributed by atoms with Gasteiger partial charge in [-0.25, -0.2) is 0 Å². The molecule has 0 radical (unpaired) electrons. The van der Waals surface area contributed by atoms with Crippen molar-refractivity contribution >= 4 is 40.1 Å². The van der Waals surface area contributed by atoms with Gasteiger partial charge in [0.2, 0.25) is 0 Å². The highest BCUT2D eigenvalue weighted by atomic mass is 35.5. The highest BCUT2D eigenvalue weighted by molar-refractivity contribution is 7.16. The molecule has 26 heavy (non-hydrogen) atoms. The third-order valence-corrected chi connectivity index (χ3v) is 6.60. The van der Waals surface area contributed by atoms with Gasteiger partial charge in [-0.15, -0.1) is 11.3 Å². The Morgan fingerprint density at radius 2 is 1.81 bits per heavy atom. The average molecular weight is 387 g/mol. The summed E-state index contributed by atoms with van der Waals surface area (Å²) in [4.78, 5) is 14.2. The minimum absolute atomic E-state index is 0.0369. The Kier molecular flexibility index (Phi) is 4.16. The monoisotopic (exact) mass is 386 g/mol. The molecule has 0 bridgehead atoms. The maximum atomic E-state index is 13.1. The zero-order valence-electron chi connectivity index (χ0n) is 15.5. The third-order valence-electron chi connectivity index (χ3n) is 5.31. The molecule has 2 aliphatic rings. The molecule has 0 spiro atoms. The van der Waals surface area contributed by atoms with Crippen LogP contribution in [0.2, 0.25) is 4.34 Å². The van der Waals surface area contributed by atoms with Gasteiger partial charge >= 0.3 is 0 Å². The summed E-state index contributed by atoms with van der Waals surface area (Å²) >= 11 is 7.73. The summed E-state index contributed by atoms with van der Waals surface area (Å²) < 4.78 is 0.741. The number of fused-ring (bicyclic) bond motifs is 1. The van der Waals surface area contributed by atoms with E-state index in [4.69, 9.17) is 11.6 Å². The molecule has 0 saturated carbocycles. The van der Waals surface area contributed by atoms with Crippen molar-refractivity contribution < 1.29 is 4.79 Å². The molecule has 1 aromatic carbocycles. The SMILES string of the molecule is Cc1cc2c(cc1C)N[C@@H](c1ccc(Cl)s1)C1=C(CC(C)(C)CC1=O)N2. The first-order chi connectivity index (χ1) is 12.2. The zero-order chi connectivity index (χ0) is 18.6. The van der Waals surface area contributed by atoms with Crippen LogP contribution in [-0.2, 0) is 4.79 Å². The zero-order valence-corrected chi connectivity index (χ0v) is 17.1. The molecule has 1 aliphatic carbocycles. The van der Waals surface area contributed by atoms with E-state index in [1.807, 2.05) is 12.1 Å². The summed E-state index contributed by atoms with van der Waals surface area (Å²) in [5.41, 5.74) is 6.39. The summed E-state index contributed by atoms with van der Waals surface area (Å²) in [6.07, 6.45) is 1.43. The molecule has 0 unspecified atom stereocenters. The largest absolute Gasteiger partial charge is 0.372 e. The number of anilines is 2. The molecule has 0 amide bonds. The van der Waals surface area contributed by atoms with E-state index in [-0.39, 0.29) is 17.2 Å². The van der Waals surface area contributed by atoms with Crippen LogP contribution < -0.4 is 10.6 Å². The van der Waals surface area contributed by atoms with Gasteiger partial charge in [0, 0.05) is 22.6 Å². The van der Waals surface area contributed by atoms with Crippen molar-refractivity contribution in [2.24, 2.45) is 5.41 Å². The van der Waals surface area contributed by atoms with Gasteiger partial charge in [0.1, 0.15) is 0 Å². The molecule has 1 aliphatic heterocycles. The molecule has 1 atom stereocenters. The van der Waals surface area contributed by atoms with Gasteiger partial charge in [-0.2, -0.15) is 0 Å². The van der Waals surface area contributed by atoms with E-state index >= 15 is 0 Å². The van der Waals surface area contributed by atoms with Gasteiger partial charge in [-0.3, -0.25) is 4.79 Å². The molecule has 136 valence electrons. The van der Waals surface area contributed by atoms with E-state index in [2.05, 4.69) is 50.5 Å². The summed E-state index contributed by atoms with van der Waals surface area (Å²) in [6.45, 7) is 8.55. The predicted molar refractivity (Wildman–Crippen MR) is 110 cm³/mol. The predicted octanol–water partition coefficient (Wildman–Crippen LogP) is 6.24. The number of hydrogen-bond donors (Lipinski definition) is 2. The van der Waals surface area contributed by atoms with E-state index in [1.54, 1.807) is 0 Å². The average Bonchev–Trinajstić information content (AvgIpc) is 2.89. The number of nitrogens with one attached hydrogen (secondary N) is 2. The molecular weight excluding hydrogens is 364 g/mol. The Labute approximate surface area is 163 Å². The molecule has 0 saturated heterocycles. The van der Waals surface area contributed by atoms with Crippen molar-refractivity contribution in [3.8, 4) is 0 Å². The normalized spacial score (nSPS) is 21.4. The molecule has 3 nitrogen and oxygen atoms in total. The van der Waals surface area contributed by atoms with Crippen LogP contribution >= 0.6 is 22.9 Å². The highest BCUT2D eigenvalue weighted by Crippen LogP contribution is 2.47. The number of hydrogen-bond acceptors (Lipinski definition) is 4. The lowest BCUT2D eigenvalue weighted by Crippen LogP contribution is -2.31. The fourth-order valence-corrected chi connectivity index (χ4v) is 5.03. The van der Waals surface area contributed by atoms with Crippen molar-refractivity contribution in [1.82, 2.24) is 0 Å². The molecule has 1 aromatic heterocycles. The number of benzene rings is 1. The Morgan fingerprint density at radius 1 is 1.12 bits per heavy atom. The molecular formula is C21H23ClN2OS. The first-order valence-corrected chi connectivity index (χ1v) is 10.1. The van der Waals surface area contributed by atoms with Gasteiger partial charge in [-0.05, 0) is 61.1 Å². The number of carbonyl (C=O) groups excluding carboxylic acids is 1. The van der Waals surface area contributed by atoms with Crippen molar-refractivity contribution in [2.45, 2.75) is 46.6 Å². The van der Waals surface area contributed by atoms with Crippen LogP contribution in [0.15, 0.2) is 35.5 Å². The van der Waals surface area contributed by atoms with Crippen LogP contribution in [0.1, 0.15) is 48.7 Å². The number of ketones is 1. The minimum Gasteiger partial charge on any atom is -0.372 e. The number of Topliss-reactive ketones (excluding diaryl/α,β-unsaturated/α-hetero) is 1. The van der Waals surface area contributed by atoms with Gasteiger partial charge in [0.25, 0.3) is 0 Å². The van der Waals surface area contributed by atoms with Crippen LogP contribution in [0.4, 0.5) is 11.4 Å². The molecule has 2 aromatic rings. The lowest BCUT2D eigenvalue weighted by molar-refractivity contribution is -0.118. The fraction of sp³-hybridized carbons (Fsp3) is 0.381. The first kappa shape index (κ1) is 17.6. The van der Waals surface area contributed by atoms with Gasteiger partial charge in [0.05, 0.1) is 21.8 Å². The minimum atomic E-state index is -0.165. The van der Waals surface area contributed by atoms with E-state index < -0.39 is 0 Å². The molecule has 4 rings (SSSR count). The smallest absolute Gasteiger partial charge is 0.163 e. The van der Waals surface area contributed by atoms with E-state index in [1.165, 1.54) is 22.5 Å². The molecule has 2 N–H and O–H groups in total. The number of rotatable bonds is 1. The maximum Gasteiger partial charge on any atom is 0.163 e. The van der Waals surface area contributed by atoms with Crippen molar-refractivity contribution in [3.05, 3.63) is 55.9 Å². The van der Waals surface area contributed by atoms with Crippen molar-refractivity contribution in [1.29, 1.82) is 0 Å². The fourth-order valence-electron chi connectivity index (χ4n) is 3.91. The van der Waals surface area contributed by atoms with Crippen LogP contribution in [0.25, 0.3) is 0 Å². The van der Waals surface area contributed by atoms with E-state index in [0.717, 1.165) is 38.3 Å².